The third-order valence-electron chi connectivity index (χ3n) is 5.03. The SMILES string of the molecule is CC(C)=CCC[C@@](C)(O)[C@H](O)C[C@H](O)/C(C)=C/COC[C@H](O)[C@H](O)[C@H](O)[C@H](O)CO. The summed E-state index contributed by atoms with van der Waals surface area (Å²) in [5.74, 6) is 0. The predicted octanol–water partition coefficient (Wildman–Crippen LogP) is -1.01. The summed E-state index contributed by atoms with van der Waals surface area (Å²) in [5, 5.41) is 77.9. The van der Waals surface area contributed by atoms with Crippen LogP contribution in [0.5, 0.6) is 0 Å². The molecule has 0 bridgehead atoms. The van der Waals surface area contributed by atoms with Gasteiger partial charge in [0.05, 0.1) is 37.6 Å². The van der Waals surface area contributed by atoms with Gasteiger partial charge in [0, 0.05) is 6.42 Å². The minimum Gasteiger partial charge on any atom is -0.394 e. The number of aliphatic hydroxyl groups excluding tert-OH is 7. The van der Waals surface area contributed by atoms with E-state index < -0.39 is 48.8 Å². The fourth-order valence-corrected chi connectivity index (χ4v) is 2.65. The van der Waals surface area contributed by atoms with Crippen LogP contribution in [0.1, 0.15) is 47.0 Å². The highest BCUT2D eigenvalue weighted by molar-refractivity contribution is 5.06. The Morgan fingerprint density at radius 3 is 2.03 bits per heavy atom. The van der Waals surface area contributed by atoms with Crippen molar-refractivity contribution in [1.82, 2.24) is 0 Å². The summed E-state index contributed by atoms with van der Waals surface area (Å²) in [7, 11) is 0. The van der Waals surface area contributed by atoms with Gasteiger partial charge in [-0.3, -0.25) is 0 Å². The molecular formula is C21H40O9. The third-order valence-corrected chi connectivity index (χ3v) is 5.03. The third kappa shape index (κ3) is 10.9. The zero-order valence-corrected chi connectivity index (χ0v) is 18.3. The molecule has 9 heteroatoms. The maximum absolute atomic E-state index is 10.4. The first kappa shape index (κ1) is 29.1. The first-order valence-corrected chi connectivity index (χ1v) is 10.1. The quantitative estimate of drug-likeness (QED) is 0.118. The molecule has 0 aliphatic rings. The highest BCUT2D eigenvalue weighted by Gasteiger charge is 2.32. The maximum atomic E-state index is 10.4. The van der Waals surface area contributed by atoms with Gasteiger partial charge >= 0.3 is 0 Å². The van der Waals surface area contributed by atoms with E-state index in [1.807, 2.05) is 19.9 Å². The Hall–Kier alpha value is -0.880. The van der Waals surface area contributed by atoms with Gasteiger partial charge < -0.3 is 45.6 Å². The number of allylic oxidation sites excluding steroid dienone is 2. The van der Waals surface area contributed by atoms with Crippen LogP contribution in [0.2, 0.25) is 0 Å². The Balaban J connectivity index is 4.47. The number of hydrogen-bond acceptors (Lipinski definition) is 9. The molecule has 0 aliphatic carbocycles. The lowest BCUT2D eigenvalue weighted by Crippen LogP contribution is -2.47. The highest BCUT2D eigenvalue weighted by Crippen LogP contribution is 2.23. The lowest BCUT2D eigenvalue weighted by Gasteiger charge is -2.30. The Morgan fingerprint density at radius 1 is 0.933 bits per heavy atom. The van der Waals surface area contributed by atoms with Gasteiger partial charge in [-0.2, -0.15) is 0 Å². The monoisotopic (exact) mass is 436 g/mol. The van der Waals surface area contributed by atoms with Crippen LogP contribution in [-0.4, -0.2) is 103 Å². The molecule has 0 rings (SSSR count). The average Bonchev–Trinajstić information content (AvgIpc) is 2.68. The van der Waals surface area contributed by atoms with Crippen molar-refractivity contribution in [2.45, 2.75) is 89.2 Å². The molecule has 9 nitrogen and oxygen atoms in total. The van der Waals surface area contributed by atoms with Gasteiger partial charge in [0.2, 0.25) is 0 Å². The van der Waals surface area contributed by atoms with Gasteiger partial charge in [-0.1, -0.05) is 17.7 Å². The van der Waals surface area contributed by atoms with Crippen LogP contribution in [-0.2, 0) is 4.74 Å². The van der Waals surface area contributed by atoms with Crippen LogP contribution >= 0.6 is 0 Å². The molecule has 0 aromatic rings. The van der Waals surface area contributed by atoms with Crippen molar-refractivity contribution in [3.63, 3.8) is 0 Å². The van der Waals surface area contributed by atoms with Gasteiger partial charge in [-0.25, -0.2) is 0 Å². The van der Waals surface area contributed by atoms with Gasteiger partial charge in [0.25, 0.3) is 0 Å². The van der Waals surface area contributed by atoms with Gasteiger partial charge in [0.15, 0.2) is 0 Å². The Kier molecular flexibility index (Phi) is 13.8. The Labute approximate surface area is 178 Å². The van der Waals surface area contributed by atoms with Crippen molar-refractivity contribution in [2.24, 2.45) is 0 Å². The maximum Gasteiger partial charge on any atom is 0.111 e. The number of hydrogen-bond donors (Lipinski definition) is 8. The highest BCUT2D eigenvalue weighted by atomic mass is 16.5. The van der Waals surface area contributed by atoms with Gasteiger partial charge in [0.1, 0.15) is 24.4 Å². The molecule has 0 radical (unpaired) electrons. The summed E-state index contributed by atoms with van der Waals surface area (Å²) >= 11 is 0. The molecule has 0 spiro atoms. The standard InChI is InChI=1S/C21H40O9/c1-13(2)6-5-8-21(4,29)18(26)10-15(23)14(3)7-9-30-12-17(25)20(28)19(27)16(24)11-22/h6-7,15-20,22-29H,5,8-12H2,1-4H3/b14-7+/t15-,16+,17-,18+,19+,20-,21+/m0/s1. The van der Waals surface area contributed by atoms with E-state index in [1.165, 1.54) is 13.0 Å². The lowest BCUT2D eigenvalue weighted by molar-refractivity contribution is -0.127. The topological polar surface area (TPSA) is 171 Å². The fourth-order valence-electron chi connectivity index (χ4n) is 2.65. The lowest BCUT2D eigenvalue weighted by atomic mass is 9.88. The minimum atomic E-state index is -1.72. The summed E-state index contributed by atoms with van der Waals surface area (Å²) in [6, 6.07) is 0. The van der Waals surface area contributed by atoms with Crippen LogP contribution in [0.4, 0.5) is 0 Å². The molecule has 0 aromatic carbocycles. The Morgan fingerprint density at radius 2 is 1.50 bits per heavy atom. The molecular weight excluding hydrogens is 396 g/mol. The molecule has 178 valence electrons. The van der Waals surface area contributed by atoms with Crippen molar-refractivity contribution in [1.29, 1.82) is 0 Å². The number of rotatable bonds is 15. The van der Waals surface area contributed by atoms with Crippen molar-refractivity contribution in [2.75, 3.05) is 19.8 Å². The molecule has 0 fully saturated rings. The first-order chi connectivity index (χ1) is 13.8. The second kappa shape index (κ2) is 14.2. The van der Waals surface area contributed by atoms with Crippen LogP contribution in [0.15, 0.2) is 23.3 Å². The van der Waals surface area contributed by atoms with E-state index in [2.05, 4.69) is 0 Å². The normalized spacial score (nSPS) is 20.6. The number of ether oxygens (including phenoxy) is 1. The van der Waals surface area contributed by atoms with Crippen molar-refractivity contribution in [3.8, 4) is 0 Å². The van der Waals surface area contributed by atoms with Crippen molar-refractivity contribution >= 4 is 0 Å². The summed E-state index contributed by atoms with van der Waals surface area (Å²) in [6.45, 7) is 5.93. The van der Waals surface area contributed by atoms with E-state index in [9.17, 15) is 35.7 Å². The van der Waals surface area contributed by atoms with Crippen LogP contribution in [0, 0.1) is 0 Å². The van der Waals surface area contributed by atoms with Crippen LogP contribution in [0.25, 0.3) is 0 Å². The van der Waals surface area contributed by atoms with Gasteiger partial charge in [-0.05, 0) is 46.1 Å². The largest absolute Gasteiger partial charge is 0.394 e. The summed E-state index contributed by atoms with van der Waals surface area (Å²) in [5.41, 5.74) is 0.278. The van der Waals surface area contributed by atoms with E-state index >= 15 is 0 Å². The van der Waals surface area contributed by atoms with E-state index in [4.69, 9.17) is 9.84 Å². The average molecular weight is 437 g/mol. The Bertz CT molecular complexity index is 529. The fraction of sp³-hybridized carbons (Fsp3) is 0.810. The molecule has 0 saturated carbocycles. The molecule has 7 atom stereocenters. The van der Waals surface area contributed by atoms with Crippen LogP contribution in [0.3, 0.4) is 0 Å². The minimum absolute atomic E-state index is 0.0155. The molecule has 0 heterocycles. The van der Waals surface area contributed by atoms with E-state index in [-0.39, 0.29) is 19.6 Å². The van der Waals surface area contributed by atoms with E-state index in [1.54, 1.807) is 6.92 Å². The first-order valence-electron chi connectivity index (χ1n) is 10.1. The van der Waals surface area contributed by atoms with Crippen molar-refractivity contribution in [3.05, 3.63) is 23.3 Å². The molecule has 0 aromatic heterocycles. The van der Waals surface area contributed by atoms with Gasteiger partial charge in [-0.15, -0.1) is 0 Å². The van der Waals surface area contributed by atoms with E-state index in [0.29, 0.717) is 18.4 Å². The van der Waals surface area contributed by atoms with Crippen LogP contribution < -0.4 is 0 Å². The summed E-state index contributed by atoms with van der Waals surface area (Å²) in [6.07, 6.45) is -4.22. The zero-order valence-electron chi connectivity index (χ0n) is 18.3. The summed E-state index contributed by atoms with van der Waals surface area (Å²) in [4.78, 5) is 0. The second-order valence-corrected chi connectivity index (χ2v) is 8.23. The molecule has 0 aliphatic heterocycles. The zero-order chi connectivity index (χ0) is 23.5. The number of aliphatic hydroxyl groups is 8. The molecule has 30 heavy (non-hydrogen) atoms. The van der Waals surface area contributed by atoms with E-state index in [0.717, 1.165) is 5.57 Å². The predicted molar refractivity (Wildman–Crippen MR) is 112 cm³/mol. The second-order valence-electron chi connectivity index (χ2n) is 8.23. The molecule has 0 unspecified atom stereocenters. The van der Waals surface area contributed by atoms with Crippen molar-refractivity contribution < 1.29 is 45.6 Å². The molecule has 8 N–H and O–H groups in total. The molecule has 0 amide bonds. The summed E-state index contributed by atoms with van der Waals surface area (Å²) < 4.78 is 5.18. The molecule has 0 saturated heterocycles. The smallest absolute Gasteiger partial charge is 0.111 e.